The normalized spacial score (nSPS) is 10.4. The highest BCUT2D eigenvalue weighted by atomic mass is 15.0. The lowest BCUT2D eigenvalue weighted by molar-refractivity contribution is 1.07. The van der Waals surface area contributed by atoms with Crippen molar-refractivity contribution in [2.24, 2.45) is 0 Å². The molecule has 12 heavy (non-hydrogen) atoms. The average molecular weight is 159 g/mol. The van der Waals surface area contributed by atoms with Crippen molar-refractivity contribution in [1.29, 1.82) is 0 Å². The molecule has 0 bridgehead atoms. The topological polar surface area (TPSA) is 30.2 Å². The third-order valence-corrected chi connectivity index (χ3v) is 1.72. The van der Waals surface area contributed by atoms with Crippen molar-refractivity contribution in [1.82, 2.24) is 14.4 Å². The lowest BCUT2D eigenvalue weighted by atomic mass is 10.2. The van der Waals surface area contributed by atoms with Gasteiger partial charge in [0.2, 0.25) is 0 Å². The molecule has 0 N–H and O–H groups in total. The zero-order chi connectivity index (χ0) is 8.55. The van der Waals surface area contributed by atoms with Crippen LogP contribution in [-0.4, -0.2) is 14.4 Å². The maximum Gasteiger partial charge on any atom is 0.140 e. The van der Waals surface area contributed by atoms with E-state index in [0.717, 1.165) is 16.9 Å². The van der Waals surface area contributed by atoms with Gasteiger partial charge in [-0.05, 0) is 12.5 Å². The van der Waals surface area contributed by atoms with Gasteiger partial charge in [-0.25, -0.2) is 9.97 Å². The van der Waals surface area contributed by atoms with E-state index in [1.807, 2.05) is 23.6 Å². The number of allylic oxidation sites excluding steroid dienone is 1. The fraction of sp³-hybridized carbons (Fsp3) is 0.111. The number of rotatable bonds is 1. The Labute approximate surface area is 70.4 Å². The van der Waals surface area contributed by atoms with Crippen LogP contribution in [-0.2, 0) is 0 Å². The lowest BCUT2D eigenvalue weighted by Crippen LogP contribution is -1.90. The Morgan fingerprint density at radius 1 is 1.50 bits per heavy atom. The second-order valence-corrected chi connectivity index (χ2v) is 2.75. The molecule has 0 aliphatic heterocycles. The maximum atomic E-state index is 4.20. The molecule has 0 saturated carbocycles. The molecule has 0 aliphatic carbocycles. The molecule has 2 heterocycles. The van der Waals surface area contributed by atoms with Crippen molar-refractivity contribution in [3.05, 3.63) is 37.1 Å². The summed E-state index contributed by atoms with van der Waals surface area (Å²) >= 11 is 0. The van der Waals surface area contributed by atoms with Crippen LogP contribution >= 0.6 is 0 Å². The van der Waals surface area contributed by atoms with E-state index in [9.17, 15) is 0 Å². The van der Waals surface area contributed by atoms with E-state index in [4.69, 9.17) is 0 Å². The van der Waals surface area contributed by atoms with Crippen molar-refractivity contribution < 1.29 is 0 Å². The van der Waals surface area contributed by atoms with Crippen molar-refractivity contribution in [2.75, 3.05) is 0 Å². The van der Waals surface area contributed by atoms with Gasteiger partial charge in [-0.15, -0.1) is 0 Å². The first kappa shape index (κ1) is 7.03. The highest BCUT2D eigenvalue weighted by Crippen LogP contribution is 2.09. The molecule has 3 heteroatoms. The number of nitrogens with zero attached hydrogens (tertiary/aromatic N) is 3. The minimum absolute atomic E-state index is 0.897. The lowest BCUT2D eigenvalue weighted by Gasteiger charge is -1.98. The summed E-state index contributed by atoms with van der Waals surface area (Å²) in [6, 6.07) is 1.92. The van der Waals surface area contributed by atoms with Crippen LogP contribution in [0.4, 0.5) is 0 Å². The first-order chi connectivity index (χ1) is 5.77. The Hall–Kier alpha value is -1.64. The Kier molecular flexibility index (Phi) is 1.43. The average Bonchev–Trinajstić information content (AvgIpc) is 2.49. The predicted molar refractivity (Wildman–Crippen MR) is 47.7 cm³/mol. The smallest absolute Gasteiger partial charge is 0.140 e. The SMILES string of the molecule is C=C(C)c1cc2nccn2cn1. The quantitative estimate of drug-likeness (QED) is 0.634. The van der Waals surface area contributed by atoms with Crippen molar-refractivity contribution in [3.8, 4) is 0 Å². The van der Waals surface area contributed by atoms with Crippen LogP contribution in [0.1, 0.15) is 12.6 Å². The minimum atomic E-state index is 0.897. The summed E-state index contributed by atoms with van der Waals surface area (Å²) in [5.74, 6) is 0. The summed E-state index contributed by atoms with van der Waals surface area (Å²) in [5.41, 5.74) is 2.76. The highest BCUT2D eigenvalue weighted by molar-refractivity contribution is 5.61. The van der Waals surface area contributed by atoms with Crippen LogP contribution in [0.3, 0.4) is 0 Å². The van der Waals surface area contributed by atoms with E-state index < -0.39 is 0 Å². The summed E-state index contributed by atoms with van der Waals surface area (Å²) < 4.78 is 1.87. The summed E-state index contributed by atoms with van der Waals surface area (Å²) in [6.07, 6.45) is 5.36. The molecule has 60 valence electrons. The summed E-state index contributed by atoms with van der Waals surface area (Å²) in [6.45, 7) is 5.75. The summed E-state index contributed by atoms with van der Waals surface area (Å²) in [7, 11) is 0. The molecule has 0 atom stereocenters. The third-order valence-electron chi connectivity index (χ3n) is 1.72. The minimum Gasteiger partial charge on any atom is -0.290 e. The number of imidazole rings is 1. The zero-order valence-electron chi connectivity index (χ0n) is 6.86. The van der Waals surface area contributed by atoms with E-state index >= 15 is 0 Å². The van der Waals surface area contributed by atoms with Crippen LogP contribution < -0.4 is 0 Å². The fourth-order valence-electron chi connectivity index (χ4n) is 1.05. The molecule has 0 spiro atoms. The van der Waals surface area contributed by atoms with Gasteiger partial charge < -0.3 is 0 Å². The van der Waals surface area contributed by atoms with Crippen LogP contribution in [0.2, 0.25) is 0 Å². The molecule has 2 aromatic heterocycles. The molecular weight excluding hydrogens is 150 g/mol. The third kappa shape index (κ3) is 0.993. The van der Waals surface area contributed by atoms with E-state index in [1.165, 1.54) is 0 Å². The van der Waals surface area contributed by atoms with Crippen molar-refractivity contribution in [2.45, 2.75) is 6.92 Å². The fourth-order valence-corrected chi connectivity index (χ4v) is 1.05. The molecule has 0 aliphatic rings. The van der Waals surface area contributed by atoms with E-state index in [1.54, 1.807) is 12.5 Å². The molecule has 2 rings (SSSR count). The van der Waals surface area contributed by atoms with E-state index in [0.29, 0.717) is 0 Å². The Bertz CT molecular complexity index is 428. The Morgan fingerprint density at radius 2 is 2.33 bits per heavy atom. The second kappa shape index (κ2) is 2.44. The largest absolute Gasteiger partial charge is 0.290 e. The number of hydrogen-bond acceptors (Lipinski definition) is 2. The van der Waals surface area contributed by atoms with Crippen molar-refractivity contribution in [3.63, 3.8) is 0 Å². The number of hydrogen-bond donors (Lipinski definition) is 0. The summed E-state index contributed by atoms with van der Waals surface area (Å²) in [4.78, 5) is 8.35. The Morgan fingerprint density at radius 3 is 3.08 bits per heavy atom. The molecule has 2 aromatic rings. The number of aromatic nitrogens is 3. The molecular formula is C9H9N3. The molecule has 3 nitrogen and oxygen atoms in total. The zero-order valence-corrected chi connectivity index (χ0v) is 6.86. The van der Waals surface area contributed by atoms with Crippen LogP contribution in [0.15, 0.2) is 31.4 Å². The summed E-state index contributed by atoms with van der Waals surface area (Å²) in [5, 5.41) is 0. The van der Waals surface area contributed by atoms with Gasteiger partial charge in [0.15, 0.2) is 0 Å². The molecule has 0 fully saturated rings. The highest BCUT2D eigenvalue weighted by Gasteiger charge is 1.97. The van der Waals surface area contributed by atoms with Crippen LogP contribution in [0, 0.1) is 0 Å². The van der Waals surface area contributed by atoms with Gasteiger partial charge in [0.05, 0.1) is 5.69 Å². The molecule has 0 saturated heterocycles. The first-order valence-electron chi connectivity index (χ1n) is 3.72. The molecule has 0 amide bonds. The van der Waals surface area contributed by atoms with Gasteiger partial charge in [-0.3, -0.25) is 4.40 Å². The molecule has 0 radical (unpaired) electrons. The van der Waals surface area contributed by atoms with Gasteiger partial charge >= 0.3 is 0 Å². The monoisotopic (exact) mass is 159 g/mol. The number of fused-ring (bicyclic) bond motifs is 1. The molecule has 0 unspecified atom stereocenters. The van der Waals surface area contributed by atoms with Crippen molar-refractivity contribution >= 4 is 11.2 Å². The van der Waals surface area contributed by atoms with Gasteiger partial charge in [-0.2, -0.15) is 0 Å². The van der Waals surface area contributed by atoms with Crippen LogP contribution in [0.25, 0.3) is 11.2 Å². The Balaban J connectivity index is 2.68. The van der Waals surface area contributed by atoms with Gasteiger partial charge in [0.1, 0.15) is 12.0 Å². The standard InChI is InChI=1S/C9H9N3/c1-7(2)8-5-9-10-3-4-12(9)6-11-8/h3-6H,1H2,2H3. The second-order valence-electron chi connectivity index (χ2n) is 2.75. The van der Waals surface area contributed by atoms with Gasteiger partial charge in [0.25, 0.3) is 0 Å². The van der Waals surface area contributed by atoms with E-state index in [2.05, 4.69) is 16.5 Å². The predicted octanol–water partition coefficient (Wildman–Crippen LogP) is 1.76. The van der Waals surface area contributed by atoms with Crippen LogP contribution in [0.5, 0.6) is 0 Å². The van der Waals surface area contributed by atoms with E-state index in [-0.39, 0.29) is 0 Å². The van der Waals surface area contributed by atoms with Gasteiger partial charge in [-0.1, -0.05) is 6.58 Å². The first-order valence-corrected chi connectivity index (χ1v) is 3.72. The maximum absolute atomic E-state index is 4.20. The van der Waals surface area contributed by atoms with Gasteiger partial charge in [0, 0.05) is 18.5 Å². The molecule has 0 aromatic carbocycles.